The van der Waals surface area contributed by atoms with Crippen molar-refractivity contribution in [2.24, 2.45) is 0 Å². The van der Waals surface area contributed by atoms with Crippen molar-refractivity contribution in [3.8, 4) is 0 Å². The molecule has 0 saturated carbocycles. The van der Waals surface area contributed by atoms with Gasteiger partial charge in [-0.3, -0.25) is 0 Å². The van der Waals surface area contributed by atoms with Crippen molar-refractivity contribution in [3.63, 3.8) is 0 Å². The highest BCUT2D eigenvalue weighted by Crippen LogP contribution is 2.15. The molecule has 0 unspecified atom stereocenters. The standard InChI is InChI=1S/C14H15BrN2O2S/c15-13-6-3-4-11(8-13)9-17-20(18,19)10-12-5-1-2-7-14(12)16/h1-8,17H,9-10,16H2. The van der Waals surface area contributed by atoms with Gasteiger partial charge in [-0.05, 0) is 29.3 Å². The number of sulfonamides is 1. The zero-order valence-corrected chi connectivity index (χ0v) is 13.1. The molecule has 0 aliphatic carbocycles. The molecule has 0 fully saturated rings. The second-order valence-electron chi connectivity index (χ2n) is 4.41. The van der Waals surface area contributed by atoms with Crippen molar-refractivity contribution in [3.05, 3.63) is 64.1 Å². The SMILES string of the molecule is Nc1ccccc1CS(=O)(=O)NCc1cccc(Br)c1. The Hall–Kier alpha value is -1.37. The van der Waals surface area contributed by atoms with Crippen LogP contribution < -0.4 is 10.5 Å². The molecular formula is C14H15BrN2O2S. The third kappa shape index (κ3) is 4.33. The number of nitrogens with two attached hydrogens (primary N) is 1. The lowest BCUT2D eigenvalue weighted by Crippen LogP contribution is -2.25. The van der Waals surface area contributed by atoms with Crippen LogP contribution in [0, 0.1) is 0 Å². The maximum atomic E-state index is 12.0. The average molecular weight is 355 g/mol. The lowest BCUT2D eigenvalue weighted by Gasteiger charge is -2.09. The number of rotatable bonds is 5. The molecule has 0 spiro atoms. The van der Waals surface area contributed by atoms with Gasteiger partial charge in [-0.2, -0.15) is 0 Å². The van der Waals surface area contributed by atoms with Crippen molar-refractivity contribution < 1.29 is 8.42 Å². The van der Waals surface area contributed by atoms with Crippen molar-refractivity contribution >= 4 is 31.6 Å². The van der Waals surface area contributed by atoms with Gasteiger partial charge in [0, 0.05) is 16.7 Å². The summed E-state index contributed by atoms with van der Waals surface area (Å²) in [5.41, 5.74) is 7.74. The van der Waals surface area contributed by atoms with Gasteiger partial charge in [-0.25, -0.2) is 13.1 Å². The van der Waals surface area contributed by atoms with Crippen LogP contribution in [-0.4, -0.2) is 8.42 Å². The lowest BCUT2D eigenvalue weighted by atomic mass is 10.2. The zero-order chi connectivity index (χ0) is 14.6. The summed E-state index contributed by atoms with van der Waals surface area (Å²) in [7, 11) is -3.41. The van der Waals surface area contributed by atoms with E-state index in [1.54, 1.807) is 24.3 Å². The van der Waals surface area contributed by atoms with Crippen molar-refractivity contribution in [1.29, 1.82) is 0 Å². The smallest absolute Gasteiger partial charge is 0.216 e. The minimum absolute atomic E-state index is 0.117. The van der Waals surface area contributed by atoms with E-state index in [1.165, 1.54) is 0 Å². The fourth-order valence-electron chi connectivity index (χ4n) is 1.76. The Bertz CT molecular complexity index is 702. The molecule has 20 heavy (non-hydrogen) atoms. The van der Waals surface area contributed by atoms with E-state index in [9.17, 15) is 8.42 Å². The van der Waals surface area contributed by atoms with Gasteiger partial charge in [0.25, 0.3) is 0 Å². The molecule has 0 aliphatic heterocycles. The second kappa shape index (κ2) is 6.39. The summed E-state index contributed by atoms with van der Waals surface area (Å²) in [5.74, 6) is -0.117. The summed E-state index contributed by atoms with van der Waals surface area (Å²) in [6.45, 7) is 0.258. The second-order valence-corrected chi connectivity index (χ2v) is 7.13. The van der Waals surface area contributed by atoms with Crippen LogP contribution in [0.1, 0.15) is 11.1 Å². The lowest BCUT2D eigenvalue weighted by molar-refractivity contribution is 0.580. The monoisotopic (exact) mass is 354 g/mol. The third-order valence-electron chi connectivity index (χ3n) is 2.79. The fourth-order valence-corrected chi connectivity index (χ4v) is 3.37. The molecule has 0 aromatic heterocycles. The molecule has 0 heterocycles. The molecule has 0 atom stereocenters. The number of hydrogen-bond acceptors (Lipinski definition) is 3. The molecule has 106 valence electrons. The van der Waals surface area contributed by atoms with Gasteiger partial charge in [0.2, 0.25) is 10.0 Å². The Kier molecular flexibility index (Phi) is 4.80. The number of para-hydroxylation sites is 1. The molecule has 0 aliphatic rings. The van der Waals surface area contributed by atoms with E-state index in [-0.39, 0.29) is 12.3 Å². The Morgan fingerprint density at radius 3 is 2.55 bits per heavy atom. The zero-order valence-electron chi connectivity index (χ0n) is 10.7. The quantitative estimate of drug-likeness (QED) is 0.810. The van der Waals surface area contributed by atoms with E-state index in [0.29, 0.717) is 11.3 Å². The predicted octanol–water partition coefficient (Wildman–Crippen LogP) is 2.65. The van der Waals surface area contributed by atoms with Gasteiger partial charge in [-0.15, -0.1) is 0 Å². The van der Waals surface area contributed by atoms with Gasteiger partial charge in [0.15, 0.2) is 0 Å². The molecule has 2 rings (SSSR count). The first kappa shape index (κ1) is 15.0. The van der Waals surface area contributed by atoms with Crippen LogP contribution in [0.5, 0.6) is 0 Å². The normalized spacial score (nSPS) is 11.4. The van der Waals surface area contributed by atoms with E-state index in [2.05, 4.69) is 20.7 Å². The first-order valence-electron chi connectivity index (χ1n) is 6.01. The van der Waals surface area contributed by atoms with E-state index >= 15 is 0 Å². The third-order valence-corrected chi connectivity index (χ3v) is 4.55. The van der Waals surface area contributed by atoms with Crippen molar-refractivity contribution in [2.45, 2.75) is 12.3 Å². The van der Waals surface area contributed by atoms with Gasteiger partial charge < -0.3 is 5.73 Å². The summed E-state index contributed by atoms with van der Waals surface area (Å²) < 4.78 is 27.6. The summed E-state index contributed by atoms with van der Waals surface area (Å²) in [6.07, 6.45) is 0. The maximum Gasteiger partial charge on any atom is 0.216 e. The van der Waals surface area contributed by atoms with Gasteiger partial charge in [0.1, 0.15) is 0 Å². The van der Waals surface area contributed by atoms with Crippen LogP contribution in [-0.2, 0) is 22.3 Å². The van der Waals surface area contributed by atoms with Crippen molar-refractivity contribution in [1.82, 2.24) is 4.72 Å². The van der Waals surface area contributed by atoms with Crippen LogP contribution in [0.3, 0.4) is 0 Å². The van der Waals surface area contributed by atoms with Gasteiger partial charge in [0.05, 0.1) is 5.75 Å². The molecule has 4 nitrogen and oxygen atoms in total. The molecule has 6 heteroatoms. The van der Waals surface area contributed by atoms with E-state index in [4.69, 9.17) is 5.73 Å². The first-order valence-corrected chi connectivity index (χ1v) is 8.46. The Balaban J connectivity index is 2.03. The minimum Gasteiger partial charge on any atom is -0.398 e. The van der Waals surface area contributed by atoms with Gasteiger partial charge in [-0.1, -0.05) is 46.3 Å². The average Bonchev–Trinajstić information content (AvgIpc) is 2.39. The number of hydrogen-bond donors (Lipinski definition) is 2. The number of halogens is 1. The minimum atomic E-state index is -3.41. The van der Waals surface area contributed by atoms with Crippen LogP contribution in [0.4, 0.5) is 5.69 Å². The molecular weight excluding hydrogens is 340 g/mol. The number of benzene rings is 2. The molecule has 0 saturated heterocycles. The van der Waals surface area contributed by atoms with Crippen LogP contribution in [0.25, 0.3) is 0 Å². The highest BCUT2D eigenvalue weighted by molar-refractivity contribution is 9.10. The fraction of sp³-hybridized carbons (Fsp3) is 0.143. The molecule has 0 radical (unpaired) electrons. The Labute approximate surface area is 127 Å². The van der Waals surface area contributed by atoms with E-state index in [0.717, 1.165) is 10.0 Å². The number of nitrogen functional groups attached to an aromatic ring is 1. The number of nitrogens with one attached hydrogen (secondary N) is 1. The van der Waals surface area contributed by atoms with E-state index in [1.807, 2.05) is 24.3 Å². The van der Waals surface area contributed by atoms with Crippen molar-refractivity contribution in [2.75, 3.05) is 5.73 Å². The molecule has 2 aromatic carbocycles. The maximum absolute atomic E-state index is 12.0. The highest BCUT2D eigenvalue weighted by atomic mass is 79.9. The molecule has 0 bridgehead atoms. The summed E-state index contributed by atoms with van der Waals surface area (Å²) in [5, 5.41) is 0. The van der Waals surface area contributed by atoms with Crippen LogP contribution in [0.2, 0.25) is 0 Å². The Morgan fingerprint density at radius 2 is 1.85 bits per heavy atom. The topological polar surface area (TPSA) is 72.2 Å². The van der Waals surface area contributed by atoms with Crippen LogP contribution >= 0.6 is 15.9 Å². The first-order chi connectivity index (χ1) is 9.46. The molecule has 0 amide bonds. The van der Waals surface area contributed by atoms with Crippen LogP contribution in [0.15, 0.2) is 53.0 Å². The Morgan fingerprint density at radius 1 is 1.10 bits per heavy atom. The molecule has 2 aromatic rings. The largest absolute Gasteiger partial charge is 0.398 e. The predicted molar refractivity (Wildman–Crippen MR) is 84.5 cm³/mol. The van der Waals surface area contributed by atoms with Gasteiger partial charge >= 0.3 is 0 Å². The number of anilines is 1. The summed E-state index contributed by atoms with van der Waals surface area (Å²) in [6, 6.07) is 14.5. The summed E-state index contributed by atoms with van der Waals surface area (Å²) in [4.78, 5) is 0. The highest BCUT2D eigenvalue weighted by Gasteiger charge is 2.13. The van der Waals surface area contributed by atoms with E-state index < -0.39 is 10.0 Å². The molecule has 3 N–H and O–H groups in total. The summed E-state index contributed by atoms with van der Waals surface area (Å²) >= 11 is 3.35.